The van der Waals surface area contributed by atoms with Crippen molar-refractivity contribution in [2.45, 2.75) is 24.5 Å². The van der Waals surface area contributed by atoms with Gasteiger partial charge < -0.3 is 10.2 Å². The molecular formula is C17H25ClN2OS. The van der Waals surface area contributed by atoms with Crippen LogP contribution in [0, 0.1) is 5.41 Å². The second-order valence-electron chi connectivity index (χ2n) is 6.28. The summed E-state index contributed by atoms with van der Waals surface area (Å²) < 4.78 is 0. The van der Waals surface area contributed by atoms with Crippen LogP contribution in [-0.2, 0) is 4.79 Å². The third-order valence-corrected chi connectivity index (χ3v) is 5.98. The number of carbonyl (C=O) groups is 1. The molecular weight excluding hydrogens is 316 g/mol. The van der Waals surface area contributed by atoms with E-state index in [9.17, 15) is 4.79 Å². The highest BCUT2D eigenvalue weighted by atomic mass is 35.5. The van der Waals surface area contributed by atoms with Gasteiger partial charge in [-0.05, 0) is 43.0 Å². The zero-order valence-corrected chi connectivity index (χ0v) is 14.7. The Morgan fingerprint density at radius 3 is 2.45 bits per heavy atom. The molecule has 1 aromatic carbocycles. The lowest BCUT2D eigenvalue weighted by molar-refractivity contribution is -0.132. The summed E-state index contributed by atoms with van der Waals surface area (Å²) in [6, 6.07) is 10.2. The molecule has 5 heteroatoms. The van der Waals surface area contributed by atoms with Crippen LogP contribution in [0.3, 0.4) is 0 Å². The van der Waals surface area contributed by atoms with Crippen molar-refractivity contribution >= 4 is 30.1 Å². The van der Waals surface area contributed by atoms with E-state index in [1.807, 2.05) is 24.5 Å². The number of thioether (sulfide) groups is 1. The van der Waals surface area contributed by atoms with Crippen LogP contribution in [0.5, 0.6) is 0 Å². The highest BCUT2D eigenvalue weighted by Crippen LogP contribution is 2.38. The highest BCUT2D eigenvalue weighted by molar-refractivity contribution is 7.99. The van der Waals surface area contributed by atoms with Crippen LogP contribution >= 0.6 is 24.2 Å². The van der Waals surface area contributed by atoms with E-state index in [1.54, 1.807) is 11.8 Å². The van der Waals surface area contributed by atoms with Crippen molar-refractivity contribution in [3.63, 3.8) is 0 Å². The third kappa shape index (κ3) is 3.61. The van der Waals surface area contributed by atoms with Gasteiger partial charge in [0.1, 0.15) is 5.25 Å². The van der Waals surface area contributed by atoms with E-state index >= 15 is 0 Å². The van der Waals surface area contributed by atoms with E-state index in [0.29, 0.717) is 5.41 Å². The molecule has 3 rings (SSSR count). The Labute approximate surface area is 143 Å². The maximum absolute atomic E-state index is 12.8. The second-order valence-corrected chi connectivity index (χ2v) is 7.22. The Kier molecular flexibility index (Phi) is 6.18. The normalized spacial score (nSPS) is 21.4. The Bertz CT molecular complexity index is 481. The fourth-order valence-corrected chi connectivity index (χ4v) is 4.38. The van der Waals surface area contributed by atoms with Gasteiger partial charge in [0.15, 0.2) is 0 Å². The van der Waals surface area contributed by atoms with Crippen LogP contribution in [0.4, 0.5) is 0 Å². The zero-order valence-electron chi connectivity index (χ0n) is 13.1. The lowest BCUT2D eigenvalue weighted by Crippen LogP contribution is -2.45. The van der Waals surface area contributed by atoms with E-state index in [2.05, 4.69) is 22.3 Å². The van der Waals surface area contributed by atoms with Crippen LogP contribution in [0.25, 0.3) is 0 Å². The van der Waals surface area contributed by atoms with Gasteiger partial charge in [-0.3, -0.25) is 4.79 Å². The van der Waals surface area contributed by atoms with Crippen LogP contribution in [0.15, 0.2) is 30.3 Å². The van der Waals surface area contributed by atoms with Gasteiger partial charge in [-0.1, -0.05) is 30.3 Å². The highest BCUT2D eigenvalue weighted by Gasteiger charge is 2.39. The molecule has 2 saturated heterocycles. The van der Waals surface area contributed by atoms with Crippen LogP contribution in [-0.4, -0.2) is 43.2 Å². The number of hydrogen-bond donors (Lipinski definition) is 1. The first-order chi connectivity index (χ1) is 10.2. The van der Waals surface area contributed by atoms with Crippen molar-refractivity contribution in [3.8, 4) is 0 Å². The standard InChI is InChI=1S/C17H24N2OS.ClH/c1-21-15(14-5-3-2-4-6-14)16(20)19-11-8-17(9-12-19)7-10-18-13-17;/h2-6,15,18H,7-13H2,1H3;1H. The quantitative estimate of drug-likeness (QED) is 0.917. The third-order valence-electron chi connectivity index (χ3n) is 5.03. The van der Waals surface area contributed by atoms with E-state index < -0.39 is 0 Å². The maximum Gasteiger partial charge on any atom is 0.240 e. The zero-order chi connectivity index (χ0) is 14.7. The maximum atomic E-state index is 12.8. The number of nitrogens with one attached hydrogen (secondary N) is 1. The molecule has 2 aliphatic heterocycles. The molecule has 0 bridgehead atoms. The molecule has 0 radical (unpaired) electrons. The summed E-state index contributed by atoms with van der Waals surface area (Å²) in [6.45, 7) is 4.12. The number of rotatable bonds is 3. The summed E-state index contributed by atoms with van der Waals surface area (Å²) in [4.78, 5) is 14.9. The lowest BCUT2D eigenvalue weighted by Gasteiger charge is -2.40. The SMILES string of the molecule is CSC(C(=O)N1CCC2(CCNC2)CC1)c1ccccc1.Cl. The number of carbonyl (C=O) groups excluding carboxylic acids is 1. The van der Waals surface area contributed by atoms with Crippen molar-refractivity contribution in [2.75, 3.05) is 32.4 Å². The van der Waals surface area contributed by atoms with Crippen molar-refractivity contribution in [2.24, 2.45) is 5.41 Å². The monoisotopic (exact) mass is 340 g/mol. The Hall–Kier alpha value is -0.710. The topological polar surface area (TPSA) is 32.3 Å². The van der Waals surface area contributed by atoms with Crippen molar-refractivity contribution < 1.29 is 4.79 Å². The molecule has 22 heavy (non-hydrogen) atoms. The number of nitrogens with zero attached hydrogens (tertiary/aromatic N) is 1. The molecule has 1 N–H and O–H groups in total. The number of halogens is 1. The van der Waals surface area contributed by atoms with Gasteiger partial charge in [0.05, 0.1) is 0 Å². The van der Waals surface area contributed by atoms with Gasteiger partial charge in [-0.15, -0.1) is 24.2 Å². The van der Waals surface area contributed by atoms with Crippen LogP contribution in [0.2, 0.25) is 0 Å². The number of hydrogen-bond acceptors (Lipinski definition) is 3. The second kappa shape index (κ2) is 7.71. The summed E-state index contributed by atoms with van der Waals surface area (Å²) in [6.07, 6.45) is 5.62. The number of likely N-dealkylation sites (tertiary alicyclic amines) is 1. The molecule has 0 aliphatic carbocycles. The Morgan fingerprint density at radius 1 is 1.23 bits per heavy atom. The van der Waals surface area contributed by atoms with E-state index in [1.165, 1.54) is 6.42 Å². The molecule has 1 aromatic rings. The molecule has 1 unspecified atom stereocenters. The lowest BCUT2D eigenvalue weighted by atomic mass is 9.78. The summed E-state index contributed by atoms with van der Waals surface area (Å²) in [5.41, 5.74) is 1.59. The summed E-state index contributed by atoms with van der Waals surface area (Å²) in [5, 5.41) is 3.43. The molecule has 1 atom stereocenters. The molecule has 3 nitrogen and oxygen atoms in total. The van der Waals surface area contributed by atoms with Gasteiger partial charge in [0, 0.05) is 19.6 Å². The van der Waals surface area contributed by atoms with E-state index in [0.717, 1.165) is 44.6 Å². The first-order valence-corrected chi connectivity index (χ1v) is 9.10. The predicted octanol–water partition coefficient (Wildman–Crippen LogP) is 3.11. The summed E-state index contributed by atoms with van der Waals surface area (Å²) >= 11 is 1.64. The fraction of sp³-hybridized carbons (Fsp3) is 0.588. The molecule has 2 aliphatic rings. The van der Waals surface area contributed by atoms with Crippen molar-refractivity contribution in [3.05, 3.63) is 35.9 Å². The molecule has 122 valence electrons. The Morgan fingerprint density at radius 2 is 1.91 bits per heavy atom. The van der Waals surface area contributed by atoms with E-state index in [-0.39, 0.29) is 23.6 Å². The predicted molar refractivity (Wildman–Crippen MR) is 95.7 cm³/mol. The molecule has 0 saturated carbocycles. The van der Waals surface area contributed by atoms with Crippen LogP contribution < -0.4 is 5.32 Å². The minimum absolute atomic E-state index is 0. The summed E-state index contributed by atoms with van der Waals surface area (Å²) in [5.74, 6) is 0.287. The van der Waals surface area contributed by atoms with Crippen molar-refractivity contribution in [1.82, 2.24) is 10.2 Å². The van der Waals surface area contributed by atoms with Gasteiger partial charge in [0.25, 0.3) is 0 Å². The number of benzene rings is 1. The van der Waals surface area contributed by atoms with Gasteiger partial charge in [-0.2, -0.15) is 0 Å². The minimum Gasteiger partial charge on any atom is -0.341 e. The molecule has 1 spiro atoms. The first kappa shape index (κ1) is 17.6. The molecule has 2 heterocycles. The molecule has 0 aromatic heterocycles. The Balaban J connectivity index is 0.00000176. The molecule has 1 amide bonds. The van der Waals surface area contributed by atoms with Crippen molar-refractivity contribution in [1.29, 1.82) is 0 Å². The van der Waals surface area contributed by atoms with Gasteiger partial charge >= 0.3 is 0 Å². The van der Waals surface area contributed by atoms with Crippen LogP contribution in [0.1, 0.15) is 30.1 Å². The van der Waals surface area contributed by atoms with E-state index in [4.69, 9.17) is 0 Å². The van der Waals surface area contributed by atoms with Gasteiger partial charge in [0.2, 0.25) is 5.91 Å². The number of piperidine rings is 1. The largest absolute Gasteiger partial charge is 0.341 e. The van der Waals surface area contributed by atoms with Gasteiger partial charge in [-0.25, -0.2) is 0 Å². The fourth-order valence-electron chi connectivity index (χ4n) is 3.60. The number of amides is 1. The molecule has 2 fully saturated rings. The smallest absolute Gasteiger partial charge is 0.240 e. The summed E-state index contributed by atoms with van der Waals surface area (Å²) in [7, 11) is 0. The first-order valence-electron chi connectivity index (χ1n) is 7.81. The average molecular weight is 341 g/mol. The minimum atomic E-state index is -0.0537. The average Bonchev–Trinajstić information content (AvgIpc) is 2.98.